The van der Waals surface area contributed by atoms with E-state index >= 15 is 0 Å². The van der Waals surface area contributed by atoms with Crippen LogP contribution in [0.4, 0.5) is 0 Å². The van der Waals surface area contributed by atoms with Gasteiger partial charge in [0.05, 0.1) is 31.2 Å². The normalized spacial score (nSPS) is 12.0. The maximum Gasteiger partial charge on any atom is 0.241 e. The summed E-state index contributed by atoms with van der Waals surface area (Å²) < 4.78 is 44.3. The molecule has 3 aromatic rings. The molecule has 0 saturated carbocycles. The molecule has 0 fully saturated rings. The molecule has 1 unspecified atom stereocenters. The maximum absolute atomic E-state index is 13.1. The van der Waals surface area contributed by atoms with Crippen molar-refractivity contribution < 1.29 is 27.4 Å². The predicted molar refractivity (Wildman–Crippen MR) is 134 cm³/mol. The highest BCUT2D eigenvalue weighted by molar-refractivity contribution is 7.89. The number of rotatable bonds is 11. The van der Waals surface area contributed by atoms with Gasteiger partial charge in [-0.3, -0.25) is 4.79 Å². The highest BCUT2D eigenvalue weighted by atomic mass is 35.5. The molecule has 3 aromatic carbocycles. The molecule has 186 valence electrons. The van der Waals surface area contributed by atoms with Crippen molar-refractivity contribution in [3.63, 3.8) is 0 Å². The summed E-state index contributed by atoms with van der Waals surface area (Å²) in [6, 6.07) is 17.5. The Morgan fingerprint density at radius 3 is 2.14 bits per heavy atom. The van der Waals surface area contributed by atoms with Crippen LogP contribution in [0.15, 0.2) is 71.6 Å². The Kier molecular flexibility index (Phi) is 8.97. The van der Waals surface area contributed by atoms with Crippen LogP contribution in [-0.2, 0) is 27.8 Å². The van der Waals surface area contributed by atoms with E-state index in [2.05, 4.69) is 10.0 Å². The first-order chi connectivity index (χ1) is 16.8. The summed E-state index contributed by atoms with van der Waals surface area (Å²) in [4.78, 5) is 13.1. The summed E-state index contributed by atoms with van der Waals surface area (Å²) in [5.41, 5.74) is 1.56. The van der Waals surface area contributed by atoms with E-state index in [1.54, 1.807) is 18.2 Å². The Balaban J connectivity index is 1.81. The SMILES string of the molecule is COc1ccc(S(=O)(=O)NC(Cc2ccccc2)C(=O)NCc2ccc(OC)c(OC)c2)cc1Cl. The van der Waals surface area contributed by atoms with E-state index in [0.717, 1.165) is 11.1 Å². The van der Waals surface area contributed by atoms with Crippen LogP contribution in [0.2, 0.25) is 5.02 Å². The number of nitrogens with one attached hydrogen (secondary N) is 2. The number of carbonyl (C=O) groups excluding carboxylic acids is 1. The van der Waals surface area contributed by atoms with E-state index < -0.39 is 22.0 Å². The smallest absolute Gasteiger partial charge is 0.241 e. The second-order valence-corrected chi connectivity index (χ2v) is 9.69. The lowest BCUT2D eigenvalue weighted by atomic mass is 10.1. The molecule has 0 aliphatic rings. The Morgan fingerprint density at radius 1 is 0.857 bits per heavy atom. The summed E-state index contributed by atoms with van der Waals surface area (Å²) >= 11 is 6.11. The Hall–Kier alpha value is -3.27. The van der Waals surface area contributed by atoms with Crippen molar-refractivity contribution in [1.29, 1.82) is 0 Å². The van der Waals surface area contributed by atoms with E-state index in [4.69, 9.17) is 25.8 Å². The van der Waals surface area contributed by atoms with Crippen molar-refractivity contribution in [2.24, 2.45) is 0 Å². The van der Waals surface area contributed by atoms with Gasteiger partial charge in [0, 0.05) is 6.54 Å². The molecule has 0 radical (unpaired) electrons. The standard InChI is InChI=1S/C25H27ClN2O6S/c1-32-22-12-10-19(15-20(22)26)35(30,31)28-21(13-17-7-5-4-6-8-17)25(29)27-16-18-9-11-23(33-2)24(14-18)34-3/h4-12,14-15,21,28H,13,16H2,1-3H3,(H,27,29). The lowest BCUT2D eigenvalue weighted by Crippen LogP contribution is -2.47. The fourth-order valence-corrected chi connectivity index (χ4v) is 4.95. The molecule has 1 atom stereocenters. The molecule has 3 rings (SSSR count). The van der Waals surface area contributed by atoms with E-state index in [0.29, 0.717) is 17.2 Å². The Morgan fingerprint density at radius 2 is 1.51 bits per heavy atom. The van der Waals surface area contributed by atoms with E-state index in [9.17, 15) is 13.2 Å². The number of carbonyl (C=O) groups is 1. The number of sulfonamides is 1. The predicted octanol–water partition coefficient (Wildman–Crippen LogP) is 3.57. The number of ether oxygens (including phenoxy) is 3. The highest BCUT2D eigenvalue weighted by Gasteiger charge is 2.26. The Labute approximate surface area is 210 Å². The zero-order chi connectivity index (χ0) is 25.4. The minimum Gasteiger partial charge on any atom is -0.495 e. The van der Waals surface area contributed by atoms with Gasteiger partial charge in [0.15, 0.2) is 11.5 Å². The average Bonchev–Trinajstić information content (AvgIpc) is 2.87. The van der Waals surface area contributed by atoms with E-state index in [1.165, 1.54) is 39.5 Å². The van der Waals surface area contributed by atoms with Gasteiger partial charge in [-0.15, -0.1) is 0 Å². The third kappa shape index (κ3) is 6.88. The monoisotopic (exact) mass is 518 g/mol. The van der Waals surface area contributed by atoms with Gasteiger partial charge in [0.25, 0.3) is 0 Å². The van der Waals surface area contributed by atoms with Crippen LogP contribution in [0.1, 0.15) is 11.1 Å². The summed E-state index contributed by atoms with van der Waals surface area (Å²) in [5.74, 6) is 0.957. The Bertz CT molecular complexity index is 1270. The number of methoxy groups -OCH3 is 3. The molecule has 1 amide bonds. The maximum atomic E-state index is 13.1. The van der Waals surface area contributed by atoms with E-state index in [-0.39, 0.29) is 22.9 Å². The largest absolute Gasteiger partial charge is 0.495 e. The first-order valence-corrected chi connectivity index (χ1v) is 12.5. The molecule has 2 N–H and O–H groups in total. The number of hydrogen-bond donors (Lipinski definition) is 2. The van der Waals surface area contributed by atoms with Crippen LogP contribution >= 0.6 is 11.6 Å². The topological polar surface area (TPSA) is 103 Å². The first kappa shape index (κ1) is 26.3. The molecule has 0 saturated heterocycles. The molecule has 0 heterocycles. The summed E-state index contributed by atoms with van der Waals surface area (Å²) in [5, 5.41) is 2.95. The van der Waals surface area contributed by atoms with Gasteiger partial charge >= 0.3 is 0 Å². The molecule has 0 aromatic heterocycles. The van der Waals surface area contributed by atoms with Crippen molar-refractivity contribution in [3.05, 3.63) is 82.9 Å². The molecule has 0 aliphatic heterocycles. The third-order valence-corrected chi connectivity index (χ3v) is 7.01. The van der Waals surface area contributed by atoms with Crippen LogP contribution in [0.5, 0.6) is 17.2 Å². The number of benzene rings is 3. The molecule has 8 nitrogen and oxygen atoms in total. The van der Waals surface area contributed by atoms with Crippen molar-refractivity contribution in [2.75, 3.05) is 21.3 Å². The zero-order valence-corrected chi connectivity index (χ0v) is 21.2. The zero-order valence-electron chi connectivity index (χ0n) is 19.6. The second kappa shape index (κ2) is 11.9. The van der Waals surface area contributed by atoms with Crippen molar-refractivity contribution in [2.45, 2.75) is 23.9 Å². The van der Waals surface area contributed by atoms with Crippen LogP contribution in [0.25, 0.3) is 0 Å². The molecular weight excluding hydrogens is 492 g/mol. The fourth-order valence-electron chi connectivity index (χ4n) is 3.41. The van der Waals surface area contributed by atoms with Crippen molar-refractivity contribution in [3.8, 4) is 17.2 Å². The molecule has 10 heteroatoms. The van der Waals surface area contributed by atoms with Crippen LogP contribution in [-0.4, -0.2) is 41.7 Å². The first-order valence-electron chi connectivity index (χ1n) is 10.7. The van der Waals surface area contributed by atoms with Crippen molar-refractivity contribution >= 4 is 27.5 Å². The van der Waals surface area contributed by atoms with Gasteiger partial charge in [0.2, 0.25) is 15.9 Å². The van der Waals surface area contributed by atoms with Crippen LogP contribution in [0, 0.1) is 0 Å². The lowest BCUT2D eigenvalue weighted by Gasteiger charge is -2.19. The third-order valence-electron chi connectivity index (χ3n) is 5.24. The van der Waals surface area contributed by atoms with Gasteiger partial charge in [-0.1, -0.05) is 48.0 Å². The van der Waals surface area contributed by atoms with Crippen molar-refractivity contribution in [1.82, 2.24) is 10.0 Å². The van der Waals surface area contributed by atoms with Gasteiger partial charge in [0.1, 0.15) is 11.8 Å². The van der Waals surface area contributed by atoms with Crippen LogP contribution < -0.4 is 24.2 Å². The molecule has 0 aliphatic carbocycles. The number of halogens is 1. The summed E-state index contributed by atoms with van der Waals surface area (Å²) in [6.07, 6.45) is 0.154. The summed E-state index contributed by atoms with van der Waals surface area (Å²) in [7, 11) is 0.436. The number of amides is 1. The van der Waals surface area contributed by atoms with Gasteiger partial charge < -0.3 is 19.5 Å². The van der Waals surface area contributed by atoms with Gasteiger partial charge in [-0.2, -0.15) is 4.72 Å². The van der Waals surface area contributed by atoms with E-state index in [1.807, 2.05) is 30.3 Å². The molecular formula is C25H27ClN2O6S. The fraction of sp³-hybridized carbons (Fsp3) is 0.240. The summed E-state index contributed by atoms with van der Waals surface area (Å²) in [6.45, 7) is 0.167. The molecule has 35 heavy (non-hydrogen) atoms. The van der Waals surface area contributed by atoms with Crippen LogP contribution in [0.3, 0.4) is 0 Å². The number of hydrogen-bond acceptors (Lipinski definition) is 6. The van der Waals surface area contributed by atoms with Gasteiger partial charge in [-0.05, 0) is 47.9 Å². The lowest BCUT2D eigenvalue weighted by molar-refractivity contribution is -0.122. The molecule has 0 bridgehead atoms. The molecule has 0 spiro atoms. The minimum atomic E-state index is -4.06. The average molecular weight is 519 g/mol. The quantitative estimate of drug-likeness (QED) is 0.402. The minimum absolute atomic E-state index is 0.0750. The van der Waals surface area contributed by atoms with Gasteiger partial charge in [-0.25, -0.2) is 8.42 Å². The highest BCUT2D eigenvalue weighted by Crippen LogP contribution is 2.28. The second-order valence-electron chi connectivity index (χ2n) is 7.57.